The Morgan fingerprint density at radius 2 is 1.30 bits per heavy atom. The highest BCUT2D eigenvalue weighted by Gasteiger charge is 2.45. The van der Waals surface area contributed by atoms with Crippen LogP contribution < -0.4 is 10.2 Å². The van der Waals surface area contributed by atoms with E-state index in [4.69, 9.17) is 0 Å². The topological polar surface area (TPSA) is 236 Å². The van der Waals surface area contributed by atoms with E-state index >= 15 is 0 Å². The summed E-state index contributed by atoms with van der Waals surface area (Å²) in [4.78, 5) is 38.7. The van der Waals surface area contributed by atoms with Crippen molar-refractivity contribution in [3.8, 4) is 0 Å². The molecule has 0 saturated heterocycles. The number of imide groups is 1. The first-order valence-electron chi connectivity index (χ1n) is 20.2. The van der Waals surface area contributed by atoms with Gasteiger partial charge in [-0.2, -0.15) is 29.8 Å². The monoisotopic (exact) mass is 903 g/mol. The smallest absolute Gasteiger partial charge is 0.294 e. The van der Waals surface area contributed by atoms with Crippen LogP contribution in [-0.4, -0.2) is 104 Å². The van der Waals surface area contributed by atoms with Crippen molar-refractivity contribution in [1.29, 1.82) is 0 Å². The van der Waals surface area contributed by atoms with Gasteiger partial charge in [0.2, 0.25) is 11.6 Å². The van der Waals surface area contributed by atoms with Crippen molar-refractivity contribution < 1.29 is 57.9 Å². The lowest BCUT2D eigenvalue weighted by Crippen LogP contribution is -2.30. The van der Waals surface area contributed by atoms with Gasteiger partial charge >= 0.3 is 0 Å². The Hall–Kier alpha value is -4.53. The summed E-state index contributed by atoms with van der Waals surface area (Å²) in [6.07, 6.45) is 13.7. The first-order valence-corrected chi connectivity index (χ1v) is 24.7. The molecule has 3 amide bonds. The van der Waals surface area contributed by atoms with Gasteiger partial charge in [-0.15, -0.1) is 0 Å². The maximum absolute atomic E-state index is 12.6. The van der Waals surface area contributed by atoms with Crippen molar-refractivity contribution in [3.05, 3.63) is 83.6 Å². The Kier molecular flexibility index (Phi) is 14.7. The average Bonchev–Trinajstić information content (AvgIpc) is 3.67. The predicted octanol–water partition coefficient (Wildman–Crippen LogP) is 5.23. The van der Waals surface area contributed by atoms with Crippen LogP contribution in [0.4, 0.5) is 11.4 Å². The second-order valence-corrected chi connectivity index (χ2v) is 20.9. The highest BCUT2D eigenvalue weighted by Crippen LogP contribution is 2.49. The Balaban J connectivity index is 1.28. The molecule has 0 spiro atoms. The maximum Gasteiger partial charge on any atom is 0.294 e. The van der Waals surface area contributed by atoms with Crippen LogP contribution in [0.5, 0.6) is 0 Å². The average molecular weight is 904 g/mol. The summed E-state index contributed by atoms with van der Waals surface area (Å²) in [5, 5.41) is 2.95. The summed E-state index contributed by atoms with van der Waals surface area (Å²) in [5.41, 5.74) is 2.60. The van der Waals surface area contributed by atoms with Crippen molar-refractivity contribution in [1.82, 2.24) is 10.2 Å². The third-order valence-corrected chi connectivity index (χ3v) is 13.9. The molecule has 4 N–H and O–H groups in total. The molecule has 0 bridgehead atoms. The van der Waals surface area contributed by atoms with E-state index in [0.29, 0.717) is 67.8 Å². The van der Waals surface area contributed by atoms with Crippen molar-refractivity contribution in [2.24, 2.45) is 0 Å². The van der Waals surface area contributed by atoms with Gasteiger partial charge in [0.15, 0.2) is 5.71 Å². The van der Waals surface area contributed by atoms with E-state index in [1.165, 1.54) is 41.3 Å². The van der Waals surface area contributed by atoms with Crippen LogP contribution in [0.2, 0.25) is 0 Å². The highest BCUT2D eigenvalue weighted by atomic mass is 32.2. The van der Waals surface area contributed by atoms with Crippen molar-refractivity contribution in [2.75, 3.05) is 36.8 Å². The number of anilines is 1. The van der Waals surface area contributed by atoms with Crippen LogP contribution in [0.3, 0.4) is 0 Å². The number of hydrogen-bond donors (Lipinski definition) is 4. The number of fused-ring (bicyclic) bond motifs is 2. The standard InChI is InChI=1S/C42H54N4O12S3/c1-41(2)32-28-30(60(53,54)55)17-19-34(32)44(24-11-7-8-16-38(47)43-23-9-5-6-10-25-46-39(48)21-22-40(46)49)36(41)14-12-15-37-42(3,4)33-29-31(61(56,57)58)18-20-35(33)45(37)26-13-27-59(50,51)52/h12,14-15,17-22,28-29H,5-11,13,16,23-27H2,1-4H3,(H3-,43,47,50,51,52,53,54,55,56,57,58)/p+1. The molecular weight excluding hydrogens is 849 g/mol. The second kappa shape index (κ2) is 18.8. The number of unbranched alkanes of at least 4 members (excludes halogenated alkanes) is 5. The fourth-order valence-electron chi connectivity index (χ4n) is 8.20. The lowest BCUT2D eigenvalue weighted by atomic mass is 9.81. The first-order chi connectivity index (χ1) is 28.4. The zero-order chi connectivity index (χ0) is 45.0. The number of nitrogens with one attached hydrogen (secondary N) is 1. The molecule has 332 valence electrons. The van der Waals surface area contributed by atoms with Crippen LogP contribution in [0.15, 0.2) is 82.3 Å². The minimum Gasteiger partial charge on any atom is -0.356 e. The van der Waals surface area contributed by atoms with E-state index < -0.39 is 46.9 Å². The molecule has 0 atom stereocenters. The van der Waals surface area contributed by atoms with E-state index in [9.17, 15) is 53.3 Å². The maximum atomic E-state index is 12.6. The van der Waals surface area contributed by atoms with Gasteiger partial charge in [0.1, 0.15) is 6.54 Å². The molecule has 0 aliphatic carbocycles. The highest BCUT2D eigenvalue weighted by molar-refractivity contribution is 7.86. The number of benzene rings is 2. The molecule has 0 unspecified atom stereocenters. The molecular formula is C42H55N4O12S3+. The minimum atomic E-state index is -4.52. The summed E-state index contributed by atoms with van der Waals surface area (Å²) in [5.74, 6) is -1.11. The molecule has 3 aliphatic heterocycles. The fourth-order valence-corrected chi connectivity index (χ4v) is 9.70. The first kappa shape index (κ1) is 47.5. The summed E-state index contributed by atoms with van der Waals surface area (Å²) >= 11 is 0. The van der Waals surface area contributed by atoms with E-state index in [2.05, 4.69) is 10.2 Å². The molecule has 5 rings (SSSR count). The molecule has 61 heavy (non-hydrogen) atoms. The van der Waals surface area contributed by atoms with E-state index in [-0.39, 0.29) is 40.5 Å². The van der Waals surface area contributed by atoms with Crippen molar-refractivity contribution in [3.63, 3.8) is 0 Å². The number of hydrogen-bond acceptors (Lipinski definition) is 10. The Labute approximate surface area is 358 Å². The van der Waals surface area contributed by atoms with Crippen LogP contribution in [0.1, 0.15) is 96.6 Å². The largest absolute Gasteiger partial charge is 0.356 e. The summed E-state index contributed by atoms with van der Waals surface area (Å²) in [6.45, 7) is 9.25. The van der Waals surface area contributed by atoms with Gasteiger partial charge in [-0.05, 0) is 81.5 Å². The molecule has 0 radical (unpaired) electrons. The summed E-state index contributed by atoms with van der Waals surface area (Å²) < 4.78 is 103. The number of allylic oxidation sites excluding steroid dienone is 4. The number of rotatable bonds is 21. The zero-order valence-corrected chi connectivity index (χ0v) is 37.3. The third kappa shape index (κ3) is 11.5. The molecule has 19 heteroatoms. The molecule has 2 aromatic carbocycles. The predicted molar refractivity (Wildman–Crippen MR) is 230 cm³/mol. The van der Waals surface area contributed by atoms with Gasteiger partial charge < -0.3 is 10.2 Å². The number of carbonyl (C=O) groups is 3. The van der Waals surface area contributed by atoms with E-state index in [1.807, 2.05) is 50.5 Å². The third-order valence-electron chi connectivity index (χ3n) is 11.4. The summed E-state index contributed by atoms with van der Waals surface area (Å²) in [7, 11) is -13.3. The van der Waals surface area contributed by atoms with Crippen LogP contribution >= 0.6 is 0 Å². The molecule has 2 aromatic rings. The molecule has 16 nitrogen and oxygen atoms in total. The Morgan fingerprint density at radius 3 is 1.92 bits per heavy atom. The summed E-state index contributed by atoms with van der Waals surface area (Å²) in [6, 6.07) is 8.70. The van der Waals surface area contributed by atoms with Gasteiger partial charge in [-0.25, -0.2) is 0 Å². The van der Waals surface area contributed by atoms with Crippen molar-refractivity contribution >= 4 is 65.2 Å². The number of amides is 3. The Bertz CT molecular complexity index is 2500. The van der Waals surface area contributed by atoms with Gasteiger partial charge in [0.25, 0.3) is 42.2 Å². The molecule has 0 aromatic heterocycles. The lowest BCUT2D eigenvalue weighted by molar-refractivity contribution is -0.437. The van der Waals surface area contributed by atoms with Crippen molar-refractivity contribution in [2.45, 2.75) is 106 Å². The van der Waals surface area contributed by atoms with Gasteiger partial charge in [-0.3, -0.25) is 32.9 Å². The minimum absolute atomic E-state index is 0.0498. The van der Waals surface area contributed by atoms with Gasteiger partial charge in [0, 0.05) is 79.1 Å². The SMILES string of the molecule is CC1(C)C(/C=C/C=C2/N(CCCCCC(=O)NCCCCCCN3C(=O)C=CC3=O)c3ccc(S(=O)(=O)O)cc3C2(C)C)=[N+](CCCS(=O)(=O)O)c2ccc(S(=O)(=O)O)cc21. The number of nitrogens with zero attached hydrogens (tertiary/aromatic N) is 3. The number of carbonyl (C=O) groups excluding carboxylic acids is 3. The van der Waals surface area contributed by atoms with Gasteiger partial charge in [-0.1, -0.05) is 39.2 Å². The molecule has 3 aliphatic rings. The fraction of sp³-hybridized carbons (Fsp3) is 0.476. The zero-order valence-electron chi connectivity index (χ0n) is 34.8. The van der Waals surface area contributed by atoms with Gasteiger partial charge in [0.05, 0.1) is 21.0 Å². The van der Waals surface area contributed by atoms with E-state index in [1.54, 1.807) is 12.1 Å². The lowest BCUT2D eigenvalue weighted by Gasteiger charge is -2.27. The van der Waals surface area contributed by atoms with Crippen LogP contribution in [-0.2, 0) is 55.6 Å². The molecule has 0 saturated carbocycles. The molecule has 3 heterocycles. The van der Waals surface area contributed by atoms with E-state index in [0.717, 1.165) is 37.1 Å². The normalized spacial score (nSPS) is 17.9. The second-order valence-electron chi connectivity index (χ2n) is 16.5. The van der Waals surface area contributed by atoms with Crippen LogP contribution in [0, 0.1) is 0 Å². The quantitative estimate of drug-likeness (QED) is 0.0544. The molecule has 0 fully saturated rings. The Morgan fingerprint density at radius 1 is 0.721 bits per heavy atom. The van der Waals surface area contributed by atoms with Crippen LogP contribution in [0.25, 0.3) is 0 Å².